The number of amides is 1. The Kier molecular flexibility index (Phi) is 6.76. The van der Waals surface area contributed by atoms with Gasteiger partial charge in [-0.2, -0.15) is 0 Å². The highest BCUT2D eigenvalue weighted by atomic mass is 32.2. The first-order valence-corrected chi connectivity index (χ1v) is 11.4. The number of halogens is 1. The number of esters is 1. The van der Waals surface area contributed by atoms with E-state index in [2.05, 4.69) is 5.32 Å². The van der Waals surface area contributed by atoms with Crippen LogP contribution in [-0.4, -0.2) is 45.3 Å². The Morgan fingerprint density at radius 1 is 1.06 bits per heavy atom. The minimum atomic E-state index is -3.57. The highest BCUT2D eigenvalue weighted by Gasteiger charge is 2.45. The molecule has 0 radical (unpaired) electrons. The molecule has 9 heteroatoms. The summed E-state index contributed by atoms with van der Waals surface area (Å²) in [6, 6.07) is 11.8. The summed E-state index contributed by atoms with van der Waals surface area (Å²) in [6.07, 6.45) is 2.49. The monoisotopic (exact) mass is 448 g/mol. The van der Waals surface area contributed by atoms with Crippen molar-refractivity contribution in [1.82, 2.24) is 4.31 Å². The number of hydrogen-bond donors (Lipinski definition) is 1. The summed E-state index contributed by atoms with van der Waals surface area (Å²) in [5.74, 6) is -1.64. The molecule has 0 bridgehead atoms. The zero-order chi connectivity index (χ0) is 22.6. The van der Waals surface area contributed by atoms with Gasteiger partial charge < -0.3 is 10.1 Å². The first-order chi connectivity index (χ1) is 14.7. The van der Waals surface area contributed by atoms with Gasteiger partial charge in [-0.25, -0.2) is 17.1 Å². The maximum absolute atomic E-state index is 14.4. The zero-order valence-electron chi connectivity index (χ0n) is 17.4. The van der Waals surface area contributed by atoms with E-state index in [0.717, 1.165) is 17.1 Å². The average Bonchev–Trinajstić information content (AvgIpc) is 3.23. The van der Waals surface area contributed by atoms with E-state index in [1.807, 2.05) is 0 Å². The van der Waals surface area contributed by atoms with E-state index in [0.29, 0.717) is 24.1 Å². The van der Waals surface area contributed by atoms with Crippen LogP contribution in [0.1, 0.15) is 31.2 Å². The molecule has 7 nitrogen and oxygen atoms in total. The summed E-state index contributed by atoms with van der Waals surface area (Å²) < 4.78 is 44.9. The van der Waals surface area contributed by atoms with Gasteiger partial charge in [-0.15, -0.1) is 0 Å². The zero-order valence-corrected chi connectivity index (χ0v) is 18.2. The Bertz CT molecular complexity index is 1060. The molecule has 1 aliphatic rings. The lowest BCUT2D eigenvalue weighted by atomic mass is 9.78. The number of rotatable bonds is 7. The molecule has 166 valence electrons. The molecule has 0 saturated heterocycles. The van der Waals surface area contributed by atoms with Crippen LogP contribution < -0.4 is 5.32 Å². The van der Waals surface area contributed by atoms with E-state index in [9.17, 15) is 22.4 Å². The van der Waals surface area contributed by atoms with Crippen molar-refractivity contribution in [2.45, 2.75) is 36.0 Å². The largest absolute Gasteiger partial charge is 0.455 e. The molecule has 1 amide bonds. The molecule has 0 aromatic heterocycles. The topological polar surface area (TPSA) is 92.8 Å². The van der Waals surface area contributed by atoms with Crippen LogP contribution in [0.25, 0.3) is 0 Å². The Labute approximate surface area is 181 Å². The summed E-state index contributed by atoms with van der Waals surface area (Å²) >= 11 is 0. The molecule has 2 aromatic rings. The fourth-order valence-corrected chi connectivity index (χ4v) is 4.70. The Hall–Kier alpha value is -2.78. The van der Waals surface area contributed by atoms with Crippen molar-refractivity contribution < 1.29 is 27.1 Å². The highest BCUT2D eigenvalue weighted by molar-refractivity contribution is 7.89. The number of nitrogens with one attached hydrogen (secondary N) is 1. The number of anilines is 1. The third-order valence-corrected chi connectivity index (χ3v) is 7.32. The third kappa shape index (κ3) is 4.77. The normalized spacial score (nSPS) is 15.6. The second-order valence-corrected chi connectivity index (χ2v) is 9.86. The second-order valence-electron chi connectivity index (χ2n) is 7.71. The van der Waals surface area contributed by atoms with E-state index in [1.54, 1.807) is 18.2 Å². The van der Waals surface area contributed by atoms with Crippen molar-refractivity contribution in [1.29, 1.82) is 0 Å². The van der Waals surface area contributed by atoms with E-state index in [1.165, 1.54) is 44.4 Å². The molecule has 1 aliphatic carbocycles. The van der Waals surface area contributed by atoms with Crippen molar-refractivity contribution in [3.63, 3.8) is 0 Å². The quantitative estimate of drug-likeness (QED) is 0.657. The lowest BCUT2D eigenvalue weighted by Crippen LogP contribution is -2.37. The van der Waals surface area contributed by atoms with Crippen LogP contribution >= 0.6 is 0 Å². The van der Waals surface area contributed by atoms with Gasteiger partial charge in [-0.05, 0) is 43.2 Å². The van der Waals surface area contributed by atoms with Gasteiger partial charge in [-0.3, -0.25) is 9.59 Å². The predicted molar refractivity (Wildman–Crippen MR) is 113 cm³/mol. The Morgan fingerprint density at radius 2 is 1.68 bits per heavy atom. The maximum Gasteiger partial charge on any atom is 0.317 e. The fraction of sp³-hybridized carbons (Fsp3) is 0.364. The molecule has 0 heterocycles. The summed E-state index contributed by atoms with van der Waals surface area (Å²) in [4.78, 5) is 25.2. The molecule has 3 rings (SSSR count). The number of benzene rings is 2. The number of hydrogen-bond acceptors (Lipinski definition) is 5. The van der Waals surface area contributed by atoms with Crippen LogP contribution in [-0.2, 0) is 29.8 Å². The maximum atomic E-state index is 14.4. The van der Waals surface area contributed by atoms with Gasteiger partial charge in [-0.1, -0.05) is 31.0 Å². The average molecular weight is 449 g/mol. The van der Waals surface area contributed by atoms with E-state index in [4.69, 9.17) is 4.74 Å². The van der Waals surface area contributed by atoms with Crippen molar-refractivity contribution in [2.24, 2.45) is 0 Å². The van der Waals surface area contributed by atoms with Crippen LogP contribution in [0.4, 0.5) is 10.1 Å². The summed E-state index contributed by atoms with van der Waals surface area (Å²) in [5.41, 5.74) is -0.410. The van der Waals surface area contributed by atoms with Crippen molar-refractivity contribution in [3.8, 4) is 0 Å². The standard InChI is InChI=1S/C22H25FN2O5S/c1-25(2)31(28,29)17-11-9-16(10-12-17)24-20(26)15-30-21(27)22(13-5-6-14-22)18-7-3-4-8-19(18)23/h3-4,7-12H,5-6,13-15H2,1-2H3,(H,24,26). The number of nitrogens with zero attached hydrogens (tertiary/aromatic N) is 1. The van der Waals surface area contributed by atoms with Crippen LogP contribution in [0.15, 0.2) is 53.4 Å². The van der Waals surface area contributed by atoms with Gasteiger partial charge in [0.15, 0.2) is 6.61 Å². The number of carbonyl (C=O) groups is 2. The molecule has 0 unspecified atom stereocenters. The van der Waals surface area contributed by atoms with Gasteiger partial charge in [0, 0.05) is 25.3 Å². The van der Waals surface area contributed by atoms with Gasteiger partial charge in [0.05, 0.1) is 10.3 Å². The van der Waals surface area contributed by atoms with E-state index >= 15 is 0 Å². The molecule has 31 heavy (non-hydrogen) atoms. The summed E-state index contributed by atoms with van der Waals surface area (Å²) in [7, 11) is -0.712. The molecular weight excluding hydrogens is 423 g/mol. The number of sulfonamides is 1. The van der Waals surface area contributed by atoms with Gasteiger partial charge in [0.25, 0.3) is 5.91 Å². The van der Waals surface area contributed by atoms with Crippen LogP contribution in [0.5, 0.6) is 0 Å². The van der Waals surface area contributed by atoms with Gasteiger partial charge in [0.2, 0.25) is 10.0 Å². The first-order valence-electron chi connectivity index (χ1n) is 9.91. The molecule has 0 atom stereocenters. The highest BCUT2D eigenvalue weighted by Crippen LogP contribution is 2.43. The lowest BCUT2D eigenvalue weighted by Gasteiger charge is -2.27. The minimum Gasteiger partial charge on any atom is -0.455 e. The van der Waals surface area contributed by atoms with Crippen molar-refractivity contribution in [2.75, 3.05) is 26.0 Å². The van der Waals surface area contributed by atoms with Crippen LogP contribution in [0.3, 0.4) is 0 Å². The third-order valence-electron chi connectivity index (χ3n) is 5.49. The van der Waals surface area contributed by atoms with E-state index in [-0.39, 0.29) is 4.90 Å². The van der Waals surface area contributed by atoms with Crippen molar-refractivity contribution in [3.05, 3.63) is 59.9 Å². The number of ether oxygens (including phenoxy) is 1. The lowest BCUT2D eigenvalue weighted by molar-refractivity contribution is -0.153. The Balaban J connectivity index is 1.64. The van der Waals surface area contributed by atoms with Crippen molar-refractivity contribution >= 4 is 27.6 Å². The molecule has 0 spiro atoms. The SMILES string of the molecule is CN(C)S(=O)(=O)c1ccc(NC(=O)COC(=O)C2(c3ccccc3F)CCCC2)cc1. The smallest absolute Gasteiger partial charge is 0.317 e. The second kappa shape index (κ2) is 9.15. The molecule has 1 saturated carbocycles. The molecular formula is C22H25FN2O5S. The molecule has 1 N–H and O–H groups in total. The molecule has 0 aliphatic heterocycles. The summed E-state index contributed by atoms with van der Waals surface area (Å²) in [6.45, 7) is -0.521. The fourth-order valence-electron chi connectivity index (χ4n) is 3.80. The predicted octanol–water partition coefficient (Wildman–Crippen LogP) is 3.07. The van der Waals surface area contributed by atoms with Gasteiger partial charge in [0.1, 0.15) is 5.82 Å². The van der Waals surface area contributed by atoms with Crippen LogP contribution in [0, 0.1) is 5.82 Å². The van der Waals surface area contributed by atoms with E-state index < -0.39 is 39.7 Å². The van der Waals surface area contributed by atoms with Crippen LogP contribution in [0.2, 0.25) is 0 Å². The Morgan fingerprint density at radius 3 is 2.26 bits per heavy atom. The first kappa shape index (κ1) is 22.9. The molecule has 2 aromatic carbocycles. The number of carbonyl (C=O) groups excluding carboxylic acids is 2. The van der Waals surface area contributed by atoms with Gasteiger partial charge >= 0.3 is 5.97 Å². The summed E-state index contributed by atoms with van der Waals surface area (Å²) in [5, 5.41) is 2.56. The molecule has 1 fully saturated rings. The minimum absolute atomic E-state index is 0.0926.